The number of nitrogens with zero attached hydrogens (tertiary/aromatic N) is 1. The molecule has 0 unspecified atom stereocenters. The molecule has 1 N–H and O–H groups in total. The maximum absolute atomic E-state index is 13.1. The summed E-state index contributed by atoms with van der Waals surface area (Å²) in [5, 5.41) is 2.82. The van der Waals surface area contributed by atoms with Crippen LogP contribution in [-0.4, -0.2) is 41.9 Å². The van der Waals surface area contributed by atoms with Crippen LogP contribution in [0, 0.1) is 5.92 Å². The summed E-state index contributed by atoms with van der Waals surface area (Å²) in [5.74, 6) is -0.00845. The van der Waals surface area contributed by atoms with Crippen molar-refractivity contribution in [1.82, 2.24) is 4.90 Å². The molecular weight excluding hydrogens is 372 g/mol. The first kappa shape index (κ1) is 19.0. The normalized spacial score (nSPS) is 16.0. The third-order valence-corrected chi connectivity index (χ3v) is 4.94. The van der Waals surface area contributed by atoms with Crippen LogP contribution in [0.5, 0.6) is 11.5 Å². The molecule has 1 atom stereocenters. The van der Waals surface area contributed by atoms with Crippen molar-refractivity contribution < 1.29 is 23.9 Å². The maximum Gasteiger partial charge on any atom is 0.262 e. The number of carbonyl (C=O) groups is 3. The van der Waals surface area contributed by atoms with Crippen molar-refractivity contribution in [1.29, 1.82) is 0 Å². The van der Waals surface area contributed by atoms with E-state index in [0.717, 1.165) is 4.90 Å². The molecule has 0 saturated heterocycles. The van der Waals surface area contributed by atoms with E-state index in [9.17, 15) is 14.4 Å². The second-order valence-electron chi connectivity index (χ2n) is 7.52. The number of ether oxygens (including phenoxy) is 2. The molecule has 0 fully saturated rings. The summed E-state index contributed by atoms with van der Waals surface area (Å²) in [6, 6.07) is 10.8. The molecule has 3 amide bonds. The molecule has 2 heterocycles. The SMILES string of the molecule is CC(C)C[C@@H](C(=O)Nc1ccc2c(c1)OCCO2)N1C(=O)c2ccccc2C1=O. The van der Waals surface area contributed by atoms with E-state index in [-0.39, 0.29) is 5.92 Å². The molecule has 2 aliphatic heterocycles. The van der Waals surface area contributed by atoms with Crippen LogP contribution >= 0.6 is 0 Å². The predicted molar refractivity (Wildman–Crippen MR) is 106 cm³/mol. The van der Waals surface area contributed by atoms with Crippen LogP contribution in [0.4, 0.5) is 5.69 Å². The Morgan fingerprint density at radius 3 is 2.24 bits per heavy atom. The summed E-state index contributed by atoms with van der Waals surface area (Å²) in [5.41, 5.74) is 1.18. The lowest BCUT2D eigenvalue weighted by Gasteiger charge is -2.27. The maximum atomic E-state index is 13.1. The Balaban J connectivity index is 1.60. The highest BCUT2D eigenvalue weighted by Crippen LogP contribution is 2.33. The van der Waals surface area contributed by atoms with Crippen LogP contribution in [0.1, 0.15) is 41.0 Å². The largest absolute Gasteiger partial charge is 0.486 e. The van der Waals surface area contributed by atoms with Crippen molar-refractivity contribution in [3.05, 3.63) is 53.6 Å². The Labute approximate surface area is 168 Å². The Morgan fingerprint density at radius 2 is 1.62 bits per heavy atom. The zero-order chi connectivity index (χ0) is 20.5. The van der Waals surface area contributed by atoms with E-state index in [0.29, 0.717) is 47.9 Å². The summed E-state index contributed by atoms with van der Waals surface area (Å²) >= 11 is 0. The van der Waals surface area contributed by atoms with E-state index >= 15 is 0 Å². The standard InChI is InChI=1S/C22H22N2O5/c1-13(2)11-17(24-21(26)15-5-3-4-6-16(15)22(24)27)20(25)23-14-7-8-18-19(12-14)29-10-9-28-18/h3-8,12-13,17H,9-11H2,1-2H3,(H,23,25)/t17-/m0/s1. The van der Waals surface area contributed by atoms with E-state index in [2.05, 4.69) is 5.32 Å². The van der Waals surface area contributed by atoms with Crippen LogP contribution in [0.2, 0.25) is 0 Å². The number of anilines is 1. The summed E-state index contributed by atoms with van der Waals surface area (Å²) in [6.45, 7) is 4.81. The Bertz CT molecular complexity index is 950. The van der Waals surface area contributed by atoms with Crippen molar-refractivity contribution in [2.24, 2.45) is 5.92 Å². The van der Waals surface area contributed by atoms with Gasteiger partial charge in [-0.25, -0.2) is 0 Å². The molecule has 7 nitrogen and oxygen atoms in total. The number of fused-ring (bicyclic) bond motifs is 2. The minimum atomic E-state index is -0.907. The molecule has 2 aromatic rings. The third-order valence-electron chi connectivity index (χ3n) is 4.94. The fraction of sp³-hybridized carbons (Fsp3) is 0.318. The zero-order valence-corrected chi connectivity index (χ0v) is 16.3. The van der Waals surface area contributed by atoms with E-state index in [1.807, 2.05) is 13.8 Å². The van der Waals surface area contributed by atoms with Crippen LogP contribution < -0.4 is 14.8 Å². The van der Waals surface area contributed by atoms with Crippen molar-refractivity contribution in [3.8, 4) is 11.5 Å². The lowest BCUT2D eigenvalue weighted by atomic mass is 10.0. The second-order valence-corrected chi connectivity index (χ2v) is 7.52. The van der Waals surface area contributed by atoms with Gasteiger partial charge in [-0.15, -0.1) is 0 Å². The van der Waals surface area contributed by atoms with Gasteiger partial charge in [0.1, 0.15) is 19.3 Å². The number of hydrogen-bond donors (Lipinski definition) is 1. The first-order chi connectivity index (χ1) is 14.0. The molecule has 0 radical (unpaired) electrons. The summed E-state index contributed by atoms with van der Waals surface area (Å²) in [4.78, 5) is 39.9. The zero-order valence-electron chi connectivity index (χ0n) is 16.3. The van der Waals surface area contributed by atoms with E-state index in [1.54, 1.807) is 42.5 Å². The molecule has 0 bridgehead atoms. The highest BCUT2D eigenvalue weighted by molar-refractivity contribution is 6.23. The first-order valence-corrected chi connectivity index (χ1v) is 9.63. The molecule has 2 aromatic carbocycles. The van der Waals surface area contributed by atoms with Crippen LogP contribution in [0.25, 0.3) is 0 Å². The first-order valence-electron chi connectivity index (χ1n) is 9.63. The van der Waals surface area contributed by atoms with Crippen molar-refractivity contribution >= 4 is 23.4 Å². The Kier molecular flexibility index (Phi) is 4.96. The molecule has 0 saturated carbocycles. The fourth-order valence-electron chi connectivity index (χ4n) is 3.61. The quantitative estimate of drug-likeness (QED) is 0.788. The average Bonchev–Trinajstić information content (AvgIpc) is 2.96. The minimum Gasteiger partial charge on any atom is -0.486 e. The smallest absolute Gasteiger partial charge is 0.262 e. The number of imide groups is 1. The number of benzene rings is 2. The lowest BCUT2D eigenvalue weighted by molar-refractivity contribution is -0.120. The van der Waals surface area contributed by atoms with Crippen LogP contribution in [0.15, 0.2) is 42.5 Å². The van der Waals surface area contributed by atoms with E-state index < -0.39 is 23.8 Å². The van der Waals surface area contributed by atoms with Crippen LogP contribution in [0.3, 0.4) is 0 Å². The van der Waals surface area contributed by atoms with Crippen LogP contribution in [-0.2, 0) is 4.79 Å². The van der Waals surface area contributed by atoms with Gasteiger partial charge in [0.2, 0.25) is 5.91 Å². The number of amides is 3. The predicted octanol–water partition coefficient (Wildman–Crippen LogP) is 3.11. The summed E-state index contributed by atoms with van der Waals surface area (Å²) in [7, 11) is 0. The van der Waals surface area contributed by atoms with Gasteiger partial charge < -0.3 is 14.8 Å². The molecule has 29 heavy (non-hydrogen) atoms. The molecule has 4 rings (SSSR count). The van der Waals surface area contributed by atoms with Gasteiger partial charge in [0.25, 0.3) is 11.8 Å². The highest BCUT2D eigenvalue weighted by atomic mass is 16.6. The molecule has 0 aromatic heterocycles. The number of nitrogens with one attached hydrogen (secondary N) is 1. The lowest BCUT2D eigenvalue weighted by Crippen LogP contribution is -2.47. The van der Waals surface area contributed by atoms with Gasteiger partial charge in [0.15, 0.2) is 11.5 Å². The topological polar surface area (TPSA) is 84.9 Å². The molecule has 0 spiro atoms. The molecule has 2 aliphatic rings. The number of carbonyl (C=O) groups excluding carboxylic acids is 3. The van der Waals surface area contributed by atoms with Gasteiger partial charge in [-0.1, -0.05) is 26.0 Å². The monoisotopic (exact) mass is 394 g/mol. The summed E-state index contributed by atoms with van der Waals surface area (Å²) in [6.07, 6.45) is 0.363. The van der Waals surface area contributed by atoms with Gasteiger partial charge in [0.05, 0.1) is 11.1 Å². The Morgan fingerprint density at radius 1 is 1.00 bits per heavy atom. The van der Waals surface area contributed by atoms with Crippen molar-refractivity contribution in [2.45, 2.75) is 26.3 Å². The Hall–Kier alpha value is -3.35. The molecule has 7 heteroatoms. The van der Waals surface area contributed by atoms with E-state index in [4.69, 9.17) is 9.47 Å². The van der Waals surface area contributed by atoms with Gasteiger partial charge in [-0.3, -0.25) is 19.3 Å². The van der Waals surface area contributed by atoms with Crippen molar-refractivity contribution in [2.75, 3.05) is 18.5 Å². The minimum absolute atomic E-state index is 0.107. The highest BCUT2D eigenvalue weighted by Gasteiger charge is 2.42. The van der Waals surface area contributed by atoms with Gasteiger partial charge in [-0.05, 0) is 36.6 Å². The van der Waals surface area contributed by atoms with Gasteiger partial charge >= 0.3 is 0 Å². The van der Waals surface area contributed by atoms with Gasteiger partial charge in [-0.2, -0.15) is 0 Å². The van der Waals surface area contributed by atoms with Crippen molar-refractivity contribution in [3.63, 3.8) is 0 Å². The van der Waals surface area contributed by atoms with Gasteiger partial charge in [0, 0.05) is 11.8 Å². The summed E-state index contributed by atoms with van der Waals surface area (Å²) < 4.78 is 11.0. The molecule has 0 aliphatic carbocycles. The number of hydrogen-bond acceptors (Lipinski definition) is 5. The van der Waals surface area contributed by atoms with E-state index in [1.165, 1.54) is 0 Å². The average molecular weight is 394 g/mol. The number of rotatable bonds is 5. The fourth-order valence-corrected chi connectivity index (χ4v) is 3.61. The molecule has 150 valence electrons. The molecular formula is C22H22N2O5. The third kappa shape index (κ3) is 3.55. The second kappa shape index (κ2) is 7.58.